The monoisotopic (exact) mass is 506 g/mol. The molecule has 0 radical (unpaired) electrons. The van der Waals surface area contributed by atoms with E-state index in [2.05, 4.69) is 10.1 Å². The highest BCUT2D eigenvalue weighted by atomic mass is 35.5. The lowest BCUT2D eigenvalue weighted by atomic mass is 10.1. The second kappa shape index (κ2) is 7.93. The molecule has 0 saturated heterocycles. The molecule has 1 N–H and O–H groups in total. The quantitative estimate of drug-likeness (QED) is 0.381. The van der Waals surface area contributed by atoms with Crippen molar-refractivity contribution >= 4 is 66.2 Å². The lowest BCUT2D eigenvalue weighted by Gasteiger charge is -2.20. The number of carbonyl (C=O) groups is 1. The molecule has 0 atom stereocenters. The van der Waals surface area contributed by atoms with Crippen LogP contribution in [0.1, 0.15) is 17.0 Å². The van der Waals surface area contributed by atoms with Gasteiger partial charge in [0.15, 0.2) is 5.84 Å². The highest BCUT2D eigenvalue weighted by molar-refractivity contribution is 8.42. The number of hydrazone groups is 1. The number of halogens is 1. The number of sulfone groups is 1. The van der Waals surface area contributed by atoms with Crippen molar-refractivity contribution in [2.45, 2.75) is 13.8 Å². The second-order valence-electron chi connectivity index (χ2n) is 7.21. The third kappa shape index (κ3) is 3.98. The number of thioether (sulfide) groups is 1. The zero-order valence-corrected chi connectivity index (χ0v) is 19.7. The first-order valence-electron chi connectivity index (χ1n) is 9.22. The SMILES string of the molecule is Cc1cc(/C=C2/C(=N)N3N=C(S(C)(=O)=O)SC3=NC2=O)c(C)n1-c1ccc(Cl)c([N+](=O)[O-])c1. The Labute approximate surface area is 197 Å². The molecule has 1 amide bonds. The van der Waals surface area contributed by atoms with Gasteiger partial charge in [0.05, 0.1) is 16.2 Å². The largest absolute Gasteiger partial charge is 0.318 e. The van der Waals surface area contributed by atoms with Crippen molar-refractivity contribution < 1.29 is 18.1 Å². The first-order chi connectivity index (χ1) is 15.4. The predicted octanol–water partition coefficient (Wildman–Crippen LogP) is 3.28. The summed E-state index contributed by atoms with van der Waals surface area (Å²) in [6, 6.07) is 6.18. The molecule has 2 aliphatic rings. The van der Waals surface area contributed by atoms with E-state index >= 15 is 0 Å². The lowest BCUT2D eigenvalue weighted by Crippen LogP contribution is -2.35. The van der Waals surface area contributed by atoms with Crippen LogP contribution in [0, 0.1) is 29.4 Å². The Morgan fingerprint density at radius 1 is 1.27 bits per heavy atom. The average Bonchev–Trinajstić information content (AvgIpc) is 3.26. The third-order valence-electron chi connectivity index (χ3n) is 4.91. The van der Waals surface area contributed by atoms with Crippen molar-refractivity contribution in [3.8, 4) is 5.69 Å². The maximum absolute atomic E-state index is 12.6. The van der Waals surface area contributed by atoms with E-state index in [9.17, 15) is 23.3 Å². The molecule has 0 aliphatic carbocycles. The highest BCUT2D eigenvalue weighted by Crippen LogP contribution is 2.32. The average molecular weight is 507 g/mol. The van der Waals surface area contributed by atoms with Crippen LogP contribution in [0.2, 0.25) is 5.02 Å². The summed E-state index contributed by atoms with van der Waals surface area (Å²) in [5.74, 6) is -1.00. The number of fused-ring (bicyclic) bond motifs is 1. The van der Waals surface area contributed by atoms with Gasteiger partial charge in [0.1, 0.15) is 5.02 Å². The van der Waals surface area contributed by atoms with Crippen LogP contribution in [-0.4, -0.2) is 50.5 Å². The van der Waals surface area contributed by atoms with Gasteiger partial charge < -0.3 is 4.57 Å². The predicted molar refractivity (Wildman–Crippen MR) is 127 cm³/mol. The van der Waals surface area contributed by atoms with Crippen LogP contribution in [0.4, 0.5) is 5.69 Å². The Bertz CT molecular complexity index is 1470. The van der Waals surface area contributed by atoms with Crippen molar-refractivity contribution in [1.82, 2.24) is 9.58 Å². The third-order valence-corrected chi connectivity index (χ3v) is 7.80. The van der Waals surface area contributed by atoms with Crippen molar-refractivity contribution in [3.63, 3.8) is 0 Å². The van der Waals surface area contributed by atoms with Crippen LogP contribution in [0.3, 0.4) is 0 Å². The Morgan fingerprint density at radius 2 is 1.97 bits per heavy atom. The number of aromatic nitrogens is 1. The molecule has 11 nitrogen and oxygen atoms in total. The van der Waals surface area contributed by atoms with E-state index in [0.29, 0.717) is 28.7 Å². The standard InChI is InChI=1S/C19H15ClN6O5S2/c1-9-6-11(10(2)24(9)12-4-5-14(20)15(8-12)26(28)29)7-13-16(21)25-18(22-17(13)27)32-19(23-25)33(3,30)31/h4-8,21H,1-3H3/b13-7-,21-16?. The molecule has 33 heavy (non-hydrogen) atoms. The summed E-state index contributed by atoms with van der Waals surface area (Å²) >= 11 is 6.63. The maximum Gasteiger partial charge on any atom is 0.289 e. The molecule has 0 spiro atoms. The minimum atomic E-state index is -3.63. The summed E-state index contributed by atoms with van der Waals surface area (Å²) in [5.41, 5.74) is 2.16. The number of amidine groups is 2. The normalized spacial score (nSPS) is 17.3. The molecule has 0 unspecified atom stereocenters. The number of aliphatic imine (C=N–C) groups is 1. The van der Waals surface area contributed by atoms with Gasteiger partial charge in [-0.2, -0.15) is 10.0 Å². The molecular weight excluding hydrogens is 492 g/mol. The fourth-order valence-corrected chi connectivity index (χ4v) is 5.26. The Kier molecular flexibility index (Phi) is 5.50. The fraction of sp³-hybridized carbons (Fsp3) is 0.158. The topological polar surface area (TPSA) is 151 Å². The smallest absolute Gasteiger partial charge is 0.289 e. The van der Waals surface area contributed by atoms with E-state index in [-0.39, 0.29) is 31.7 Å². The minimum absolute atomic E-state index is 0.00141. The molecule has 2 aliphatic heterocycles. The number of hydrogen-bond donors (Lipinski definition) is 1. The molecule has 2 aromatic rings. The number of rotatable bonds is 3. The molecule has 0 bridgehead atoms. The van der Waals surface area contributed by atoms with E-state index < -0.39 is 20.7 Å². The number of nitrogens with zero attached hydrogens (tertiary/aromatic N) is 5. The number of nitrogens with one attached hydrogen (secondary N) is 1. The van der Waals surface area contributed by atoms with Crippen molar-refractivity contribution in [3.05, 3.63) is 61.9 Å². The summed E-state index contributed by atoms with van der Waals surface area (Å²) < 4.78 is 25.1. The van der Waals surface area contributed by atoms with E-state index in [1.165, 1.54) is 18.2 Å². The Balaban J connectivity index is 1.77. The highest BCUT2D eigenvalue weighted by Gasteiger charge is 2.38. The molecular formula is C19H15ClN6O5S2. The van der Waals surface area contributed by atoms with Crippen LogP contribution >= 0.6 is 23.4 Å². The van der Waals surface area contributed by atoms with Crippen molar-refractivity contribution in [2.75, 3.05) is 6.26 Å². The molecule has 4 rings (SSSR count). The van der Waals surface area contributed by atoms with Crippen LogP contribution < -0.4 is 0 Å². The summed E-state index contributed by atoms with van der Waals surface area (Å²) in [4.78, 5) is 27.2. The summed E-state index contributed by atoms with van der Waals surface area (Å²) in [6.07, 6.45) is 2.45. The first kappa shape index (κ1) is 22.9. The van der Waals surface area contributed by atoms with Gasteiger partial charge in [-0.15, -0.1) is 5.10 Å². The fourth-order valence-electron chi connectivity index (χ4n) is 3.39. The van der Waals surface area contributed by atoms with Crippen LogP contribution in [-0.2, 0) is 14.6 Å². The lowest BCUT2D eigenvalue weighted by molar-refractivity contribution is -0.384. The number of benzene rings is 1. The van der Waals surface area contributed by atoms with Crippen molar-refractivity contribution in [2.24, 2.45) is 10.1 Å². The Morgan fingerprint density at radius 3 is 2.61 bits per heavy atom. The van der Waals surface area contributed by atoms with E-state index in [1.54, 1.807) is 30.5 Å². The zero-order valence-electron chi connectivity index (χ0n) is 17.4. The number of aryl methyl sites for hydroxylation is 1. The van der Waals surface area contributed by atoms with Crippen LogP contribution in [0.5, 0.6) is 0 Å². The zero-order chi connectivity index (χ0) is 24.2. The number of nitro groups is 1. The molecule has 1 aromatic heterocycles. The summed E-state index contributed by atoms with van der Waals surface area (Å²) in [6.45, 7) is 3.55. The van der Waals surface area contributed by atoms with Gasteiger partial charge in [0, 0.05) is 23.7 Å². The van der Waals surface area contributed by atoms with Gasteiger partial charge in [0.2, 0.25) is 19.4 Å². The van der Waals surface area contributed by atoms with Crippen molar-refractivity contribution in [1.29, 1.82) is 5.41 Å². The van der Waals surface area contributed by atoms with Gasteiger partial charge in [-0.3, -0.25) is 20.3 Å². The van der Waals surface area contributed by atoms with Crippen LogP contribution in [0.25, 0.3) is 11.8 Å². The van der Waals surface area contributed by atoms with E-state index in [0.717, 1.165) is 17.0 Å². The molecule has 14 heteroatoms. The molecule has 170 valence electrons. The molecule has 0 fully saturated rings. The molecule has 1 aromatic carbocycles. The van der Waals surface area contributed by atoms with Crippen LogP contribution in [0.15, 0.2) is 39.9 Å². The molecule has 3 heterocycles. The van der Waals surface area contributed by atoms with E-state index in [4.69, 9.17) is 17.0 Å². The van der Waals surface area contributed by atoms with Gasteiger partial charge in [-0.25, -0.2) is 8.42 Å². The summed E-state index contributed by atoms with van der Waals surface area (Å²) in [7, 11) is -3.63. The maximum atomic E-state index is 12.6. The van der Waals surface area contributed by atoms with Gasteiger partial charge in [-0.1, -0.05) is 11.6 Å². The number of hydrogen-bond acceptors (Lipinski definition) is 8. The number of amides is 1. The van der Waals surface area contributed by atoms with E-state index in [1.807, 2.05) is 0 Å². The van der Waals surface area contributed by atoms with Gasteiger partial charge >= 0.3 is 0 Å². The number of carbonyl (C=O) groups excluding carboxylic acids is 1. The first-order valence-corrected chi connectivity index (χ1v) is 12.3. The second-order valence-corrected chi connectivity index (χ2v) is 10.8. The summed E-state index contributed by atoms with van der Waals surface area (Å²) in [5, 5.41) is 24.6. The molecule has 0 saturated carbocycles. The Hall–Kier alpha value is -3.29. The van der Waals surface area contributed by atoms with Gasteiger partial charge in [0.25, 0.3) is 11.6 Å². The number of nitro benzene ring substituents is 1. The van der Waals surface area contributed by atoms with Gasteiger partial charge in [-0.05, 0) is 55.4 Å². The minimum Gasteiger partial charge on any atom is -0.318 e.